The zero-order valence-corrected chi connectivity index (χ0v) is 10.9. The second kappa shape index (κ2) is 5.98. The van der Waals surface area contributed by atoms with E-state index in [1.54, 1.807) is 6.92 Å². The van der Waals surface area contributed by atoms with Crippen LogP contribution < -0.4 is 11.1 Å². The average molecular weight is 247 g/mol. The first-order valence-corrected chi connectivity index (χ1v) is 6.45. The van der Waals surface area contributed by atoms with E-state index >= 15 is 0 Å². The van der Waals surface area contributed by atoms with Crippen LogP contribution in [0.2, 0.25) is 0 Å². The highest BCUT2D eigenvalue weighted by molar-refractivity contribution is 5.73. The van der Waals surface area contributed by atoms with Crippen LogP contribution in [0.4, 0.5) is 0 Å². The number of likely N-dealkylation sites (tertiary alicyclic amines) is 1. The molecule has 1 saturated heterocycles. The van der Waals surface area contributed by atoms with Gasteiger partial charge in [0.2, 0.25) is 5.91 Å². The Morgan fingerprint density at radius 3 is 2.83 bits per heavy atom. The summed E-state index contributed by atoms with van der Waals surface area (Å²) in [6, 6.07) is 8.59. The van der Waals surface area contributed by atoms with E-state index in [1.807, 2.05) is 6.07 Å². The minimum Gasteiger partial charge on any atom is -0.352 e. The molecule has 1 aromatic rings. The van der Waals surface area contributed by atoms with Gasteiger partial charge in [0.05, 0.1) is 0 Å². The maximum Gasteiger partial charge on any atom is 0.217 e. The van der Waals surface area contributed by atoms with Gasteiger partial charge in [-0.25, -0.2) is 0 Å². The van der Waals surface area contributed by atoms with Crippen LogP contribution in [0.3, 0.4) is 0 Å². The standard InChI is InChI=1S/C14H21N3O/c1-11(18)16-14-6-7-17(10-14)9-13-5-3-2-4-12(13)8-15/h2-5,14H,6-10,15H2,1H3,(H,16,18). The molecule has 1 amide bonds. The summed E-state index contributed by atoms with van der Waals surface area (Å²) in [5.74, 6) is 0.0595. The molecule has 0 radical (unpaired) electrons. The fraction of sp³-hybridized carbons (Fsp3) is 0.500. The summed E-state index contributed by atoms with van der Waals surface area (Å²) in [6.07, 6.45) is 1.03. The molecule has 98 valence electrons. The molecule has 1 aliphatic heterocycles. The van der Waals surface area contributed by atoms with E-state index in [4.69, 9.17) is 5.73 Å². The lowest BCUT2D eigenvalue weighted by molar-refractivity contribution is -0.119. The molecule has 1 aliphatic rings. The molecule has 2 rings (SSSR count). The highest BCUT2D eigenvalue weighted by Crippen LogP contribution is 2.16. The molecule has 0 aromatic heterocycles. The van der Waals surface area contributed by atoms with Crippen molar-refractivity contribution in [2.24, 2.45) is 5.73 Å². The number of nitrogens with two attached hydrogens (primary N) is 1. The van der Waals surface area contributed by atoms with Crippen molar-refractivity contribution in [2.45, 2.75) is 32.5 Å². The molecule has 18 heavy (non-hydrogen) atoms. The van der Waals surface area contributed by atoms with E-state index in [0.29, 0.717) is 12.6 Å². The van der Waals surface area contributed by atoms with Crippen LogP contribution in [-0.4, -0.2) is 29.9 Å². The van der Waals surface area contributed by atoms with Gasteiger partial charge >= 0.3 is 0 Å². The third-order valence-electron chi connectivity index (χ3n) is 3.41. The predicted octanol–water partition coefficient (Wildman–Crippen LogP) is 0.856. The smallest absolute Gasteiger partial charge is 0.217 e. The summed E-state index contributed by atoms with van der Waals surface area (Å²) < 4.78 is 0. The van der Waals surface area contributed by atoms with E-state index in [0.717, 1.165) is 26.1 Å². The average Bonchev–Trinajstić information content (AvgIpc) is 2.76. The normalized spacial score (nSPS) is 20.0. The van der Waals surface area contributed by atoms with Gasteiger partial charge < -0.3 is 11.1 Å². The Kier molecular flexibility index (Phi) is 4.33. The molecular weight excluding hydrogens is 226 g/mol. The van der Waals surface area contributed by atoms with Crippen LogP contribution >= 0.6 is 0 Å². The molecule has 0 spiro atoms. The molecule has 0 saturated carbocycles. The van der Waals surface area contributed by atoms with Crippen molar-refractivity contribution in [3.63, 3.8) is 0 Å². The van der Waals surface area contributed by atoms with Crippen molar-refractivity contribution in [3.05, 3.63) is 35.4 Å². The first-order valence-electron chi connectivity index (χ1n) is 6.45. The first-order chi connectivity index (χ1) is 8.69. The van der Waals surface area contributed by atoms with Crippen LogP contribution in [0.1, 0.15) is 24.5 Å². The van der Waals surface area contributed by atoms with Crippen LogP contribution in [-0.2, 0) is 17.9 Å². The zero-order valence-electron chi connectivity index (χ0n) is 10.9. The van der Waals surface area contributed by atoms with Crippen molar-refractivity contribution >= 4 is 5.91 Å². The highest BCUT2D eigenvalue weighted by Gasteiger charge is 2.23. The molecule has 0 bridgehead atoms. The van der Waals surface area contributed by atoms with Gasteiger partial charge in [-0.2, -0.15) is 0 Å². The maximum atomic E-state index is 11.0. The van der Waals surface area contributed by atoms with Crippen molar-refractivity contribution < 1.29 is 4.79 Å². The zero-order chi connectivity index (χ0) is 13.0. The Labute approximate surface area is 108 Å². The molecule has 3 N–H and O–H groups in total. The molecule has 1 unspecified atom stereocenters. The fourth-order valence-corrected chi connectivity index (χ4v) is 2.53. The predicted molar refractivity (Wildman–Crippen MR) is 71.8 cm³/mol. The third-order valence-corrected chi connectivity index (χ3v) is 3.41. The van der Waals surface area contributed by atoms with Gasteiger partial charge in [0, 0.05) is 39.1 Å². The largest absolute Gasteiger partial charge is 0.352 e. The number of nitrogens with zero attached hydrogens (tertiary/aromatic N) is 1. The van der Waals surface area contributed by atoms with E-state index in [9.17, 15) is 4.79 Å². The molecule has 4 nitrogen and oxygen atoms in total. The summed E-state index contributed by atoms with van der Waals surface area (Å²) in [6.45, 7) is 5.04. The van der Waals surface area contributed by atoms with Gasteiger partial charge in [-0.1, -0.05) is 24.3 Å². The first kappa shape index (κ1) is 13.1. The van der Waals surface area contributed by atoms with Gasteiger partial charge in [0.15, 0.2) is 0 Å². The summed E-state index contributed by atoms with van der Waals surface area (Å²) in [5.41, 5.74) is 8.25. The molecule has 4 heteroatoms. The topological polar surface area (TPSA) is 58.4 Å². The number of hydrogen-bond donors (Lipinski definition) is 2. The Balaban J connectivity index is 1.93. The summed E-state index contributed by atoms with van der Waals surface area (Å²) >= 11 is 0. The minimum atomic E-state index is 0.0595. The molecule has 1 heterocycles. The van der Waals surface area contributed by atoms with Crippen LogP contribution in [0.25, 0.3) is 0 Å². The quantitative estimate of drug-likeness (QED) is 0.829. The monoisotopic (exact) mass is 247 g/mol. The number of nitrogens with one attached hydrogen (secondary N) is 1. The lowest BCUT2D eigenvalue weighted by Crippen LogP contribution is -2.35. The minimum absolute atomic E-state index is 0.0595. The summed E-state index contributed by atoms with van der Waals surface area (Å²) in [7, 11) is 0. The van der Waals surface area contributed by atoms with Gasteiger partial charge in [0.25, 0.3) is 0 Å². The van der Waals surface area contributed by atoms with Crippen molar-refractivity contribution in [3.8, 4) is 0 Å². The molecular formula is C14H21N3O. The van der Waals surface area contributed by atoms with Crippen LogP contribution in [0.15, 0.2) is 24.3 Å². The van der Waals surface area contributed by atoms with E-state index in [1.165, 1.54) is 11.1 Å². The number of carbonyl (C=O) groups excluding carboxylic acids is 1. The Morgan fingerprint density at radius 1 is 1.44 bits per heavy atom. The lowest BCUT2D eigenvalue weighted by Gasteiger charge is -2.18. The van der Waals surface area contributed by atoms with Crippen LogP contribution in [0.5, 0.6) is 0 Å². The number of rotatable bonds is 4. The van der Waals surface area contributed by atoms with Crippen molar-refractivity contribution in [1.82, 2.24) is 10.2 Å². The number of amides is 1. The second-order valence-electron chi connectivity index (χ2n) is 4.89. The SMILES string of the molecule is CC(=O)NC1CCN(Cc2ccccc2CN)C1. The highest BCUT2D eigenvalue weighted by atomic mass is 16.1. The van der Waals surface area contributed by atoms with Crippen molar-refractivity contribution in [1.29, 1.82) is 0 Å². The van der Waals surface area contributed by atoms with Gasteiger partial charge in [0.1, 0.15) is 0 Å². The fourth-order valence-electron chi connectivity index (χ4n) is 2.53. The number of benzene rings is 1. The van der Waals surface area contributed by atoms with Crippen LogP contribution in [0, 0.1) is 0 Å². The Bertz CT molecular complexity index is 419. The van der Waals surface area contributed by atoms with E-state index in [-0.39, 0.29) is 5.91 Å². The molecule has 0 aliphatic carbocycles. The third kappa shape index (κ3) is 3.31. The lowest BCUT2D eigenvalue weighted by atomic mass is 10.1. The van der Waals surface area contributed by atoms with Gasteiger partial charge in [-0.15, -0.1) is 0 Å². The summed E-state index contributed by atoms with van der Waals surface area (Å²) in [4.78, 5) is 13.4. The number of hydrogen-bond acceptors (Lipinski definition) is 3. The van der Waals surface area contributed by atoms with Gasteiger partial charge in [-0.05, 0) is 17.5 Å². The maximum absolute atomic E-state index is 11.0. The number of carbonyl (C=O) groups is 1. The second-order valence-corrected chi connectivity index (χ2v) is 4.89. The Morgan fingerprint density at radius 2 is 2.17 bits per heavy atom. The molecule has 1 fully saturated rings. The van der Waals surface area contributed by atoms with Gasteiger partial charge in [-0.3, -0.25) is 9.69 Å². The van der Waals surface area contributed by atoms with E-state index in [2.05, 4.69) is 28.4 Å². The van der Waals surface area contributed by atoms with Crippen molar-refractivity contribution in [2.75, 3.05) is 13.1 Å². The molecule has 1 aromatic carbocycles. The summed E-state index contributed by atoms with van der Waals surface area (Å²) in [5, 5.41) is 2.98. The Hall–Kier alpha value is -1.39. The van der Waals surface area contributed by atoms with E-state index < -0.39 is 0 Å². The molecule has 1 atom stereocenters.